The van der Waals surface area contributed by atoms with Crippen LogP contribution in [0.15, 0.2) is 24.3 Å². The van der Waals surface area contributed by atoms with Crippen molar-refractivity contribution in [2.75, 3.05) is 36.5 Å². The summed E-state index contributed by atoms with van der Waals surface area (Å²) in [6.07, 6.45) is 6.29. The lowest BCUT2D eigenvalue weighted by molar-refractivity contribution is 0.0485. The van der Waals surface area contributed by atoms with E-state index in [1.807, 2.05) is 44.7 Å². The molecule has 11 heteroatoms. The highest BCUT2D eigenvalue weighted by atomic mass is 16.6. The molecule has 2 N–H and O–H groups in total. The number of amides is 1. The first-order valence-electron chi connectivity index (χ1n) is 15.4. The monoisotopic (exact) mass is 579 g/mol. The number of hydrogen-bond acceptors (Lipinski definition) is 10. The minimum absolute atomic E-state index is 0.0326. The van der Waals surface area contributed by atoms with Crippen LogP contribution in [0.2, 0.25) is 0 Å². The maximum Gasteiger partial charge on any atom is 0.407 e. The van der Waals surface area contributed by atoms with Crippen LogP contribution in [-0.4, -0.2) is 82.1 Å². The molecular weight excluding hydrogens is 534 g/mol. The molecule has 2 saturated heterocycles. The highest BCUT2D eigenvalue weighted by Crippen LogP contribution is 2.35. The minimum atomic E-state index is -0.582. The van der Waals surface area contributed by atoms with E-state index in [9.17, 15) is 9.59 Å². The molecule has 1 aromatic heterocycles. The van der Waals surface area contributed by atoms with Gasteiger partial charge in [-0.05, 0) is 110 Å². The number of rotatable bonds is 8. The van der Waals surface area contributed by atoms with E-state index < -0.39 is 17.7 Å². The third kappa shape index (κ3) is 7.48. The SMILES string of the molecule is CCOC(=O)c1nnc(N2CCC[C@@H](NC(=O)OC(C)(C)C)[C@H]2C)nc1Nc1ccc(C2CCN(C3CC3)CC2)cc1. The van der Waals surface area contributed by atoms with E-state index in [2.05, 4.69) is 37.9 Å². The first-order valence-corrected chi connectivity index (χ1v) is 15.4. The Morgan fingerprint density at radius 2 is 1.71 bits per heavy atom. The molecule has 228 valence electrons. The molecule has 42 heavy (non-hydrogen) atoms. The predicted molar refractivity (Wildman–Crippen MR) is 161 cm³/mol. The summed E-state index contributed by atoms with van der Waals surface area (Å²) in [7, 11) is 0. The van der Waals surface area contributed by atoms with E-state index >= 15 is 0 Å². The Labute approximate surface area is 248 Å². The molecule has 0 unspecified atom stereocenters. The molecule has 2 atom stereocenters. The van der Waals surface area contributed by atoms with Crippen molar-refractivity contribution in [3.8, 4) is 0 Å². The Bertz CT molecular complexity index is 1240. The number of nitrogens with zero attached hydrogens (tertiary/aromatic N) is 5. The fourth-order valence-corrected chi connectivity index (χ4v) is 5.95. The average Bonchev–Trinajstić information content (AvgIpc) is 3.80. The third-order valence-electron chi connectivity index (χ3n) is 8.33. The number of ether oxygens (including phenoxy) is 2. The van der Waals surface area contributed by atoms with E-state index in [0.29, 0.717) is 24.2 Å². The second kappa shape index (κ2) is 12.8. The molecule has 5 rings (SSSR count). The van der Waals surface area contributed by atoms with Crippen molar-refractivity contribution < 1.29 is 19.1 Å². The van der Waals surface area contributed by atoms with Crippen LogP contribution in [-0.2, 0) is 9.47 Å². The lowest BCUT2D eigenvalue weighted by Gasteiger charge is -2.39. The fraction of sp³-hybridized carbons (Fsp3) is 0.645. The minimum Gasteiger partial charge on any atom is -0.461 e. The lowest BCUT2D eigenvalue weighted by atomic mass is 9.89. The summed E-state index contributed by atoms with van der Waals surface area (Å²) >= 11 is 0. The second-order valence-corrected chi connectivity index (χ2v) is 12.6. The van der Waals surface area contributed by atoms with E-state index in [4.69, 9.17) is 14.5 Å². The zero-order valence-electron chi connectivity index (χ0n) is 25.6. The van der Waals surface area contributed by atoms with Crippen molar-refractivity contribution in [2.45, 2.75) is 103 Å². The quantitative estimate of drug-likeness (QED) is 0.413. The van der Waals surface area contributed by atoms with Gasteiger partial charge in [0.25, 0.3) is 0 Å². The van der Waals surface area contributed by atoms with E-state index in [1.54, 1.807) is 6.92 Å². The summed E-state index contributed by atoms with van der Waals surface area (Å²) in [5.74, 6) is 0.659. The molecule has 0 spiro atoms. The maximum atomic E-state index is 12.8. The van der Waals surface area contributed by atoms with Crippen LogP contribution in [0.3, 0.4) is 0 Å². The van der Waals surface area contributed by atoms with Crippen molar-refractivity contribution in [1.29, 1.82) is 0 Å². The molecule has 3 aliphatic rings. The Morgan fingerprint density at radius 1 is 1.00 bits per heavy atom. The molecule has 3 heterocycles. The number of alkyl carbamates (subject to hydrolysis) is 1. The number of carbonyl (C=O) groups is 2. The van der Waals surface area contributed by atoms with Gasteiger partial charge in [0.1, 0.15) is 5.60 Å². The Kier molecular flexibility index (Phi) is 9.15. The van der Waals surface area contributed by atoms with Crippen LogP contribution >= 0.6 is 0 Å². The van der Waals surface area contributed by atoms with Crippen LogP contribution < -0.4 is 15.5 Å². The van der Waals surface area contributed by atoms with Gasteiger partial charge in [-0.15, -0.1) is 10.2 Å². The first kappa shape index (κ1) is 30.0. The molecule has 2 aromatic rings. The Balaban J connectivity index is 1.30. The molecule has 1 aliphatic carbocycles. The molecule has 3 fully saturated rings. The third-order valence-corrected chi connectivity index (χ3v) is 8.33. The lowest BCUT2D eigenvalue weighted by Crippen LogP contribution is -2.55. The largest absolute Gasteiger partial charge is 0.461 e. The summed E-state index contributed by atoms with van der Waals surface area (Å²) < 4.78 is 10.7. The topological polar surface area (TPSA) is 122 Å². The highest BCUT2D eigenvalue weighted by molar-refractivity contribution is 5.93. The molecular formula is C31H45N7O4. The summed E-state index contributed by atoms with van der Waals surface area (Å²) in [5, 5.41) is 14.8. The fourth-order valence-electron chi connectivity index (χ4n) is 5.95. The number of aromatic nitrogens is 3. The Hall–Kier alpha value is -3.47. The van der Waals surface area contributed by atoms with E-state index in [1.165, 1.54) is 44.3 Å². The predicted octanol–water partition coefficient (Wildman–Crippen LogP) is 5.02. The highest BCUT2D eigenvalue weighted by Gasteiger charge is 2.34. The van der Waals surface area contributed by atoms with Crippen molar-refractivity contribution in [2.24, 2.45) is 0 Å². The second-order valence-electron chi connectivity index (χ2n) is 12.6. The van der Waals surface area contributed by atoms with Gasteiger partial charge in [0, 0.05) is 24.3 Å². The molecule has 1 amide bonds. The average molecular weight is 580 g/mol. The number of likely N-dealkylation sites (tertiary alicyclic amines) is 1. The van der Waals surface area contributed by atoms with Gasteiger partial charge >= 0.3 is 12.1 Å². The summed E-state index contributed by atoms with van der Waals surface area (Å²) in [6, 6.07) is 8.96. The zero-order valence-corrected chi connectivity index (χ0v) is 25.6. The zero-order chi connectivity index (χ0) is 29.9. The number of piperidine rings is 2. The van der Waals surface area contributed by atoms with Crippen LogP contribution in [0, 0.1) is 0 Å². The van der Waals surface area contributed by atoms with Crippen LogP contribution in [0.1, 0.15) is 95.1 Å². The van der Waals surface area contributed by atoms with Gasteiger partial charge in [-0.3, -0.25) is 0 Å². The first-order chi connectivity index (χ1) is 20.1. The molecule has 2 aliphatic heterocycles. The van der Waals surface area contributed by atoms with Gasteiger partial charge in [0.05, 0.1) is 12.6 Å². The van der Waals surface area contributed by atoms with Crippen LogP contribution in [0.4, 0.5) is 22.2 Å². The van der Waals surface area contributed by atoms with Crippen molar-refractivity contribution in [3.05, 3.63) is 35.5 Å². The van der Waals surface area contributed by atoms with Crippen LogP contribution in [0.25, 0.3) is 0 Å². The van der Waals surface area contributed by atoms with Crippen LogP contribution in [0.5, 0.6) is 0 Å². The van der Waals surface area contributed by atoms with Gasteiger partial charge in [0.15, 0.2) is 5.82 Å². The van der Waals surface area contributed by atoms with Crippen molar-refractivity contribution >= 4 is 29.5 Å². The maximum absolute atomic E-state index is 12.8. The molecule has 11 nitrogen and oxygen atoms in total. The normalized spacial score (nSPS) is 22.0. The summed E-state index contributed by atoms with van der Waals surface area (Å²) in [6.45, 7) is 12.6. The van der Waals surface area contributed by atoms with Gasteiger partial charge < -0.3 is 29.9 Å². The van der Waals surface area contributed by atoms with E-state index in [0.717, 1.165) is 24.6 Å². The Morgan fingerprint density at radius 3 is 2.36 bits per heavy atom. The standard InChI is InChI=1S/C31H45N7O4/c1-6-41-28(39)26-27(32-23-11-9-21(10-12-23)22-15-18-37(19-16-22)24-13-14-24)34-29(36-35-26)38-17-7-8-25(20(38)2)33-30(40)42-31(3,4)5/h9-12,20,22,24-25H,6-8,13-19H2,1-5H3,(H,33,40)(H,32,34,36)/t20-,25-/m1/s1. The van der Waals surface area contributed by atoms with Gasteiger partial charge in [-0.2, -0.15) is 4.98 Å². The molecule has 0 bridgehead atoms. The van der Waals surface area contributed by atoms with Crippen molar-refractivity contribution in [3.63, 3.8) is 0 Å². The number of anilines is 3. The number of nitrogens with one attached hydrogen (secondary N) is 2. The summed E-state index contributed by atoms with van der Waals surface area (Å²) in [5.41, 5.74) is 1.60. The van der Waals surface area contributed by atoms with Crippen molar-refractivity contribution in [1.82, 2.24) is 25.4 Å². The number of esters is 1. The number of hydrogen-bond donors (Lipinski definition) is 2. The van der Waals surface area contributed by atoms with Gasteiger partial charge in [-0.1, -0.05) is 12.1 Å². The molecule has 1 aromatic carbocycles. The van der Waals surface area contributed by atoms with E-state index in [-0.39, 0.29) is 24.4 Å². The smallest absolute Gasteiger partial charge is 0.407 e. The van der Waals surface area contributed by atoms with Gasteiger partial charge in [-0.25, -0.2) is 9.59 Å². The van der Waals surface area contributed by atoms with Gasteiger partial charge in [0.2, 0.25) is 11.6 Å². The molecule has 1 saturated carbocycles. The number of carbonyl (C=O) groups excluding carboxylic acids is 2. The summed E-state index contributed by atoms with van der Waals surface area (Å²) in [4.78, 5) is 34.6. The number of benzene rings is 1. The molecule has 0 radical (unpaired) electrons.